The SMILES string of the molecule is Cc1ccc(Br)c(NC2(CN)CCN(CC(C)C)CC2)c1. The Labute approximate surface area is 137 Å². The molecule has 0 aromatic heterocycles. The quantitative estimate of drug-likeness (QED) is 0.849. The fraction of sp³-hybridized carbons (Fsp3) is 0.647. The number of halogens is 1. The van der Waals surface area contributed by atoms with Gasteiger partial charge in [-0.3, -0.25) is 0 Å². The van der Waals surface area contributed by atoms with Crippen LogP contribution >= 0.6 is 15.9 Å². The van der Waals surface area contributed by atoms with Crippen LogP contribution in [0.15, 0.2) is 22.7 Å². The number of anilines is 1. The number of piperidine rings is 1. The molecule has 0 radical (unpaired) electrons. The predicted molar refractivity (Wildman–Crippen MR) is 94.8 cm³/mol. The zero-order chi connectivity index (χ0) is 15.5. The zero-order valence-corrected chi connectivity index (χ0v) is 15.0. The Bertz CT molecular complexity index is 465. The van der Waals surface area contributed by atoms with Gasteiger partial charge in [0.05, 0.1) is 5.54 Å². The third kappa shape index (κ3) is 4.44. The first-order chi connectivity index (χ1) is 9.94. The smallest absolute Gasteiger partial charge is 0.0520 e. The molecule has 0 atom stereocenters. The summed E-state index contributed by atoms with van der Waals surface area (Å²) in [5.74, 6) is 0.731. The normalized spacial score (nSPS) is 19.0. The highest BCUT2D eigenvalue weighted by atomic mass is 79.9. The maximum atomic E-state index is 6.12. The van der Waals surface area contributed by atoms with Crippen LogP contribution in [0.3, 0.4) is 0 Å². The molecule has 21 heavy (non-hydrogen) atoms. The second kappa shape index (κ2) is 7.12. The summed E-state index contributed by atoms with van der Waals surface area (Å²) in [6, 6.07) is 6.42. The fourth-order valence-electron chi connectivity index (χ4n) is 3.08. The van der Waals surface area contributed by atoms with Gasteiger partial charge >= 0.3 is 0 Å². The second-order valence-electron chi connectivity index (χ2n) is 6.79. The van der Waals surface area contributed by atoms with E-state index in [0.717, 1.165) is 42.0 Å². The molecule has 1 aliphatic heterocycles. The molecule has 4 heteroatoms. The van der Waals surface area contributed by atoms with Gasteiger partial charge in [0.25, 0.3) is 0 Å². The lowest BCUT2D eigenvalue weighted by molar-refractivity contribution is 0.161. The van der Waals surface area contributed by atoms with Gasteiger partial charge in [0.15, 0.2) is 0 Å². The van der Waals surface area contributed by atoms with Crippen molar-refractivity contribution in [2.24, 2.45) is 11.7 Å². The van der Waals surface area contributed by atoms with Crippen molar-refractivity contribution in [2.45, 2.75) is 39.2 Å². The van der Waals surface area contributed by atoms with Gasteiger partial charge in [0.1, 0.15) is 0 Å². The van der Waals surface area contributed by atoms with Gasteiger partial charge in [0.2, 0.25) is 0 Å². The third-order valence-corrected chi connectivity index (χ3v) is 5.04. The van der Waals surface area contributed by atoms with E-state index in [2.05, 4.69) is 65.1 Å². The first-order valence-electron chi connectivity index (χ1n) is 7.91. The summed E-state index contributed by atoms with van der Waals surface area (Å²) in [5.41, 5.74) is 8.59. The molecule has 0 spiro atoms. The number of nitrogens with two attached hydrogens (primary N) is 1. The van der Waals surface area contributed by atoms with Gasteiger partial charge in [0, 0.05) is 36.3 Å². The maximum Gasteiger partial charge on any atom is 0.0520 e. The number of nitrogens with one attached hydrogen (secondary N) is 1. The summed E-state index contributed by atoms with van der Waals surface area (Å²) >= 11 is 3.64. The Balaban J connectivity index is 2.05. The molecule has 1 fully saturated rings. The van der Waals surface area contributed by atoms with E-state index in [1.165, 1.54) is 12.1 Å². The molecule has 1 aromatic rings. The van der Waals surface area contributed by atoms with Crippen molar-refractivity contribution in [1.82, 2.24) is 4.90 Å². The van der Waals surface area contributed by atoms with E-state index in [0.29, 0.717) is 6.54 Å². The van der Waals surface area contributed by atoms with Crippen LogP contribution in [0.4, 0.5) is 5.69 Å². The number of nitrogens with zero attached hydrogens (tertiary/aromatic N) is 1. The van der Waals surface area contributed by atoms with Crippen LogP contribution in [0.2, 0.25) is 0 Å². The van der Waals surface area contributed by atoms with Crippen molar-refractivity contribution in [3.05, 3.63) is 28.2 Å². The van der Waals surface area contributed by atoms with Crippen molar-refractivity contribution < 1.29 is 0 Å². The summed E-state index contributed by atoms with van der Waals surface area (Å²) < 4.78 is 1.12. The number of rotatable bonds is 5. The number of hydrogen-bond donors (Lipinski definition) is 2. The minimum absolute atomic E-state index is 0.0315. The van der Waals surface area contributed by atoms with Crippen molar-refractivity contribution in [1.29, 1.82) is 0 Å². The van der Waals surface area contributed by atoms with Gasteiger partial charge in [-0.1, -0.05) is 19.9 Å². The lowest BCUT2D eigenvalue weighted by atomic mass is 9.86. The minimum Gasteiger partial charge on any atom is -0.377 e. The lowest BCUT2D eigenvalue weighted by Crippen LogP contribution is -2.54. The van der Waals surface area contributed by atoms with Crippen LogP contribution in [-0.2, 0) is 0 Å². The van der Waals surface area contributed by atoms with E-state index in [9.17, 15) is 0 Å². The molecule has 1 heterocycles. The standard InChI is InChI=1S/C17H28BrN3/c1-13(2)11-21-8-6-17(12-19,7-9-21)20-16-10-14(3)4-5-15(16)18/h4-5,10,13,20H,6-9,11-12,19H2,1-3H3. The average Bonchev–Trinajstić information content (AvgIpc) is 2.45. The van der Waals surface area contributed by atoms with Crippen LogP contribution < -0.4 is 11.1 Å². The van der Waals surface area contributed by atoms with Crippen molar-refractivity contribution >= 4 is 21.6 Å². The summed E-state index contributed by atoms with van der Waals surface area (Å²) in [5, 5.41) is 3.73. The summed E-state index contributed by atoms with van der Waals surface area (Å²) in [6.07, 6.45) is 2.22. The molecule has 1 aromatic carbocycles. The largest absolute Gasteiger partial charge is 0.377 e. The predicted octanol–water partition coefficient (Wildman–Crippen LogP) is 3.62. The Hall–Kier alpha value is -0.580. The highest BCUT2D eigenvalue weighted by molar-refractivity contribution is 9.10. The van der Waals surface area contributed by atoms with E-state index in [1.54, 1.807) is 0 Å². The molecule has 2 rings (SSSR count). The molecule has 0 unspecified atom stereocenters. The molecule has 0 amide bonds. The van der Waals surface area contributed by atoms with Crippen molar-refractivity contribution in [2.75, 3.05) is 31.5 Å². The highest BCUT2D eigenvalue weighted by Crippen LogP contribution is 2.31. The Morgan fingerprint density at radius 2 is 2.00 bits per heavy atom. The Morgan fingerprint density at radius 3 is 2.57 bits per heavy atom. The molecular weight excluding hydrogens is 326 g/mol. The lowest BCUT2D eigenvalue weighted by Gasteiger charge is -2.43. The van der Waals surface area contributed by atoms with Crippen LogP contribution in [0.25, 0.3) is 0 Å². The Kier molecular flexibility index (Phi) is 5.69. The van der Waals surface area contributed by atoms with Crippen molar-refractivity contribution in [3.8, 4) is 0 Å². The topological polar surface area (TPSA) is 41.3 Å². The van der Waals surface area contributed by atoms with Gasteiger partial charge < -0.3 is 16.0 Å². The monoisotopic (exact) mass is 353 g/mol. The van der Waals surface area contributed by atoms with E-state index in [4.69, 9.17) is 5.73 Å². The minimum atomic E-state index is 0.0315. The van der Waals surface area contributed by atoms with Crippen LogP contribution in [0.5, 0.6) is 0 Å². The molecule has 3 nitrogen and oxygen atoms in total. The zero-order valence-electron chi connectivity index (χ0n) is 13.5. The van der Waals surface area contributed by atoms with Gasteiger partial charge in [-0.25, -0.2) is 0 Å². The highest BCUT2D eigenvalue weighted by Gasteiger charge is 2.33. The molecule has 1 saturated heterocycles. The van der Waals surface area contributed by atoms with Crippen LogP contribution in [0, 0.1) is 12.8 Å². The van der Waals surface area contributed by atoms with Gasteiger partial charge in [-0.2, -0.15) is 0 Å². The Morgan fingerprint density at radius 1 is 1.33 bits per heavy atom. The molecule has 0 saturated carbocycles. The second-order valence-corrected chi connectivity index (χ2v) is 7.64. The molecule has 118 valence electrons. The summed E-state index contributed by atoms with van der Waals surface area (Å²) in [7, 11) is 0. The third-order valence-electron chi connectivity index (χ3n) is 4.35. The maximum absolute atomic E-state index is 6.12. The van der Waals surface area contributed by atoms with E-state index < -0.39 is 0 Å². The van der Waals surface area contributed by atoms with E-state index in [-0.39, 0.29) is 5.54 Å². The van der Waals surface area contributed by atoms with E-state index in [1.807, 2.05) is 0 Å². The first kappa shape index (κ1) is 16.8. The van der Waals surface area contributed by atoms with Gasteiger partial charge in [-0.05, 0) is 59.3 Å². The molecule has 0 bridgehead atoms. The number of likely N-dealkylation sites (tertiary alicyclic amines) is 1. The fourth-order valence-corrected chi connectivity index (χ4v) is 3.43. The molecule has 3 N–H and O–H groups in total. The van der Waals surface area contributed by atoms with Gasteiger partial charge in [-0.15, -0.1) is 0 Å². The number of aryl methyl sites for hydroxylation is 1. The number of hydrogen-bond acceptors (Lipinski definition) is 3. The van der Waals surface area contributed by atoms with Crippen molar-refractivity contribution in [3.63, 3.8) is 0 Å². The average molecular weight is 354 g/mol. The first-order valence-corrected chi connectivity index (χ1v) is 8.70. The van der Waals surface area contributed by atoms with E-state index >= 15 is 0 Å². The van der Waals surface area contributed by atoms with Crippen LogP contribution in [0.1, 0.15) is 32.3 Å². The molecule has 1 aliphatic rings. The van der Waals surface area contributed by atoms with Crippen LogP contribution in [-0.4, -0.2) is 36.6 Å². The molecule has 0 aliphatic carbocycles. The molecular formula is C17H28BrN3. The summed E-state index contributed by atoms with van der Waals surface area (Å²) in [6.45, 7) is 10.8. The number of benzene rings is 1. The summed E-state index contributed by atoms with van der Waals surface area (Å²) in [4.78, 5) is 2.56.